The summed E-state index contributed by atoms with van der Waals surface area (Å²) in [6, 6.07) is 16.0. The van der Waals surface area contributed by atoms with Crippen LogP contribution in [0, 0.1) is 6.92 Å². The van der Waals surface area contributed by atoms with E-state index in [4.69, 9.17) is 12.2 Å². The van der Waals surface area contributed by atoms with Crippen molar-refractivity contribution in [1.82, 2.24) is 14.8 Å². The Labute approximate surface area is 154 Å². The van der Waals surface area contributed by atoms with Crippen LogP contribution in [0.15, 0.2) is 59.3 Å². The number of aromatic nitrogens is 3. The second kappa shape index (κ2) is 7.55. The van der Waals surface area contributed by atoms with Gasteiger partial charge < -0.3 is 5.32 Å². The molecule has 0 radical (unpaired) electrons. The van der Waals surface area contributed by atoms with Crippen LogP contribution in [0.4, 0.5) is 11.6 Å². The van der Waals surface area contributed by atoms with E-state index in [1.165, 1.54) is 11.1 Å². The van der Waals surface area contributed by atoms with Crippen molar-refractivity contribution in [2.24, 2.45) is 0 Å². The van der Waals surface area contributed by atoms with Gasteiger partial charge in [0.1, 0.15) is 6.33 Å². The summed E-state index contributed by atoms with van der Waals surface area (Å²) >= 11 is 8.69. The standard InChI is InChI=1S/C17H16BrN5S/c1-12-4-2-3-5-13(12)10-23-11-19-16(22-23)21-17(24)20-15-8-6-14(18)7-9-15/h2-9,11H,10H2,1H3,(H2,20,21,22,24). The molecule has 0 spiro atoms. The van der Waals surface area contributed by atoms with E-state index in [1.807, 2.05) is 36.4 Å². The van der Waals surface area contributed by atoms with Crippen LogP contribution in [0.5, 0.6) is 0 Å². The summed E-state index contributed by atoms with van der Waals surface area (Å²) < 4.78 is 2.80. The molecule has 2 N–H and O–H groups in total. The average Bonchev–Trinajstić information content (AvgIpc) is 2.99. The lowest BCUT2D eigenvalue weighted by Crippen LogP contribution is -2.20. The van der Waals surface area contributed by atoms with Gasteiger partial charge in [0, 0.05) is 10.2 Å². The SMILES string of the molecule is Cc1ccccc1Cn1cnc(NC(=S)Nc2ccc(Br)cc2)n1. The van der Waals surface area contributed by atoms with Crippen LogP contribution in [0.2, 0.25) is 0 Å². The van der Waals surface area contributed by atoms with Crippen LogP contribution < -0.4 is 10.6 Å². The first-order valence-electron chi connectivity index (χ1n) is 7.38. The molecule has 1 aromatic heterocycles. The van der Waals surface area contributed by atoms with Gasteiger partial charge in [-0.2, -0.15) is 0 Å². The summed E-state index contributed by atoms with van der Waals surface area (Å²) in [4.78, 5) is 4.24. The Morgan fingerprint density at radius 2 is 1.88 bits per heavy atom. The summed E-state index contributed by atoms with van der Waals surface area (Å²) in [5.41, 5.74) is 3.34. The molecule has 0 amide bonds. The van der Waals surface area contributed by atoms with Gasteiger partial charge in [-0.15, -0.1) is 5.10 Å². The lowest BCUT2D eigenvalue weighted by molar-refractivity contribution is 0.684. The van der Waals surface area contributed by atoms with E-state index in [0.29, 0.717) is 17.6 Å². The van der Waals surface area contributed by atoms with E-state index in [1.54, 1.807) is 11.0 Å². The van der Waals surface area contributed by atoms with Crippen molar-refractivity contribution in [3.8, 4) is 0 Å². The van der Waals surface area contributed by atoms with Crippen molar-refractivity contribution < 1.29 is 0 Å². The zero-order valence-corrected chi connectivity index (χ0v) is 15.4. The van der Waals surface area contributed by atoms with E-state index in [0.717, 1.165) is 10.2 Å². The van der Waals surface area contributed by atoms with Gasteiger partial charge in [0.2, 0.25) is 5.95 Å². The monoisotopic (exact) mass is 401 g/mol. The van der Waals surface area contributed by atoms with Crippen molar-refractivity contribution in [2.45, 2.75) is 13.5 Å². The normalized spacial score (nSPS) is 10.4. The number of halogens is 1. The minimum Gasteiger partial charge on any atom is -0.332 e. The zero-order chi connectivity index (χ0) is 16.9. The Hall–Kier alpha value is -2.25. The molecule has 0 aliphatic heterocycles. The molecule has 5 nitrogen and oxygen atoms in total. The molecule has 0 saturated carbocycles. The van der Waals surface area contributed by atoms with Gasteiger partial charge in [0.25, 0.3) is 0 Å². The smallest absolute Gasteiger partial charge is 0.248 e. The van der Waals surface area contributed by atoms with Crippen molar-refractivity contribution in [3.63, 3.8) is 0 Å². The van der Waals surface area contributed by atoms with E-state index in [2.05, 4.69) is 55.7 Å². The van der Waals surface area contributed by atoms with Crippen LogP contribution in [-0.2, 0) is 6.54 Å². The fraction of sp³-hybridized carbons (Fsp3) is 0.118. The maximum absolute atomic E-state index is 5.29. The quantitative estimate of drug-likeness (QED) is 0.641. The first-order chi connectivity index (χ1) is 11.6. The minimum absolute atomic E-state index is 0.450. The number of nitrogens with zero attached hydrogens (tertiary/aromatic N) is 3. The summed E-state index contributed by atoms with van der Waals surface area (Å²) in [6.45, 7) is 2.76. The lowest BCUT2D eigenvalue weighted by Gasteiger charge is -2.08. The number of aryl methyl sites for hydroxylation is 1. The van der Waals surface area contributed by atoms with Gasteiger partial charge in [-0.1, -0.05) is 40.2 Å². The predicted molar refractivity (Wildman–Crippen MR) is 104 cm³/mol. The van der Waals surface area contributed by atoms with E-state index in [9.17, 15) is 0 Å². The van der Waals surface area contributed by atoms with Crippen LogP contribution in [0.1, 0.15) is 11.1 Å². The molecule has 122 valence electrons. The first-order valence-corrected chi connectivity index (χ1v) is 8.58. The third kappa shape index (κ3) is 4.39. The van der Waals surface area contributed by atoms with Gasteiger partial charge in [-0.25, -0.2) is 9.67 Å². The third-order valence-electron chi connectivity index (χ3n) is 3.46. The minimum atomic E-state index is 0.450. The summed E-state index contributed by atoms with van der Waals surface area (Å²) in [5, 5.41) is 10.9. The molecule has 0 saturated heterocycles. The molecule has 24 heavy (non-hydrogen) atoms. The Bertz CT molecular complexity index is 844. The number of thiocarbonyl (C=S) groups is 1. The van der Waals surface area contributed by atoms with E-state index in [-0.39, 0.29) is 0 Å². The van der Waals surface area contributed by atoms with Crippen molar-refractivity contribution >= 4 is 44.9 Å². The van der Waals surface area contributed by atoms with Gasteiger partial charge in [-0.05, 0) is 54.5 Å². The molecule has 0 bridgehead atoms. The molecule has 0 aliphatic rings. The second-order valence-electron chi connectivity index (χ2n) is 5.28. The number of anilines is 2. The van der Waals surface area contributed by atoms with Crippen molar-refractivity contribution in [1.29, 1.82) is 0 Å². The highest BCUT2D eigenvalue weighted by atomic mass is 79.9. The maximum atomic E-state index is 5.29. The molecule has 1 heterocycles. The molecule has 0 fully saturated rings. The topological polar surface area (TPSA) is 54.8 Å². The Morgan fingerprint density at radius 3 is 2.62 bits per heavy atom. The van der Waals surface area contributed by atoms with Gasteiger partial charge >= 0.3 is 0 Å². The van der Waals surface area contributed by atoms with Gasteiger partial charge in [-0.3, -0.25) is 5.32 Å². The molecule has 0 aliphatic carbocycles. The van der Waals surface area contributed by atoms with E-state index >= 15 is 0 Å². The molecular formula is C17H16BrN5S. The highest BCUT2D eigenvalue weighted by Crippen LogP contribution is 2.14. The van der Waals surface area contributed by atoms with E-state index < -0.39 is 0 Å². The Balaban J connectivity index is 1.60. The molecule has 2 aromatic carbocycles. The Kier molecular flexibility index (Phi) is 5.22. The summed E-state index contributed by atoms with van der Waals surface area (Å²) in [5.74, 6) is 0.471. The Morgan fingerprint density at radius 1 is 1.12 bits per heavy atom. The molecule has 0 unspecified atom stereocenters. The van der Waals surface area contributed by atoms with Gasteiger partial charge in [0.15, 0.2) is 5.11 Å². The average molecular weight is 402 g/mol. The first kappa shape index (κ1) is 16.6. The molecule has 3 aromatic rings. The van der Waals surface area contributed by atoms with Crippen molar-refractivity contribution in [2.75, 3.05) is 10.6 Å². The number of rotatable bonds is 4. The second-order valence-corrected chi connectivity index (χ2v) is 6.60. The maximum Gasteiger partial charge on any atom is 0.248 e. The largest absolute Gasteiger partial charge is 0.332 e. The summed E-state index contributed by atoms with van der Waals surface area (Å²) in [6.07, 6.45) is 1.69. The molecule has 0 atom stereocenters. The van der Waals surface area contributed by atoms with Crippen molar-refractivity contribution in [3.05, 3.63) is 70.5 Å². The third-order valence-corrected chi connectivity index (χ3v) is 4.19. The van der Waals surface area contributed by atoms with Gasteiger partial charge in [0.05, 0.1) is 6.54 Å². The van der Waals surface area contributed by atoms with Crippen LogP contribution in [-0.4, -0.2) is 19.9 Å². The van der Waals surface area contributed by atoms with Crippen LogP contribution in [0.25, 0.3) is 0 Å². The van der Waals surface area contributed by atoms with Crippen LogP contribution in [0.3, 0.4) is 0 Å². The highest BCUT2D eigenvalue weighted by Gasteiger charge is 2.05. The summed E-state index contributed by atoms with van der Waals surface area (Å²) in [7, 11) is 0. The van der Waals surface area contributed by atoms with Crippen LogP contribution >= 0.6 is 28.1 Å². The number of nitrogens with one attached hydrogen (secondary N) is 2. The predicted octanol–water partition coefficient (Wildman–Crippen LogP) is 4.21. The number of hydrogen-bond acceptors (Lipinski definition) is 3. The molecule has 7 heteroatoms. The number of hydrogen-bond donors (Lipinski definition) is 2. The molecular weight excluding hydrogens is 386 g/mol. The zero-order valence-electron chi connectivity index (χ0n) is 13.0. The fourth-order valence-corrected chi connectivity index (χ4v) is 2.66. The molecule has 3 rings (SSSR count). The fourth-order valence-electron chi connectivity index (χ4n) is 2.19. The lowest BCUT2D eigenvalue weighted by atomic mass is 10.1. The number of benzene rings is 2. The highest BCUT2D eigenvalue weighted by molar-refractivity contribution is 9.10.